The zero-order chi connectivity index (χ0) is 19.3. The third-order valence-corrected chi connectivity index (χ3v) is 5.17. The van der Waals surface area contributed by atoms with Crippen LogP contribution in [0.1, 0.15) is 43.0 Å². The Morgan fingerprint density at radius 2 is 1.82 bits per heavy atom. The van der Waals surface area contributed by atoms with E-state index in [2.05, 4.69) is 5.32 Å². The molecular formula is C23H24N2O3. The number of nitrogens with zero attached hydrogens (tertiary/aromatic N) is 1. The first kappa shape index (κ1) is 18.3. The monoisotopic (exact) mass is 376 g/mol. The topological polar surface area (TPSA) is 62.6 Å². The molecule has 1 N–H and O–H groups in total. The highest BCUT2D eigenvalue weighted by Crippen LogP contribution is 2.28. The fourth-order valence-electron chi connectivity index (χ4n) is 3.69. The van der Waals surface area contributed by atoms with Crippen molar-refractivity contribution in [1.29, 1.82) is 0 Å². The van der Waals surface area contributed by atoms with Crippen LogP contribution in [0, 0.1) is 0 Å². The van der Waals surface area contributed by atoms with Gasteiger partial charge in [-0.3, -0.25) is 9.59 Å². The molecule has 1 aliphatic heterocycles. The van der Waals surface area contributed by atoms with Crippen LogP contribution in [0.15, 0.2) is 65.1 Å². The minimum Gasteiger partial charge on any atom is -0.459 e. The van der Waals surface area contributed by atoms with Gasteiger partial charge in [0.05, 0.1) is 6.54 Å². The highest BCUT2D eigenvalue weighted by Gasteiger charge is 2.24. The van der Waals surface area contributed by atoms with Gasteiger partial charge in [0.2, 0.25) is 11.8 Å². The summed E-state index contributed by atoms with van der Waals surface area (Å²) in [4.78, 5) is 26.7. The maximum atomic E-state index is 12.8. The molecule has 2 heterocycles. The maximum Gasteiger partial charge on any atom is 0.240 e. The Hall–Kier alpha value is -3.08. The Morgan fingerprint density at radius 1 is 1.04 bits per heavy atom. The van der Waals surface area contributed by atoms with Gasteiger partial charge in [-0.1, -0.05) is 55.0 Å². The molecule has 5 nitrogen and oxygen atoms in total. The molecule has 5 heteroatoms. The van der Waals surface area contributed by atoms with Gasteiger partial charge in [-0.2, -0.15) is 0 Å². The Kier molecular flexibility index (Phi) is 5.42. The van der Waals surface area contributed by atoms with Gasteiger partial charge in [-0.05, 0) is 30.5 Å². The second-order valence-corrected chi connectivity index (χ2v) is 7.22. The highest BCUT2D eigenvalue weighted by atomic mass is 16.3. The molecule has 1 unspecified atom stereocenters. The summed E-state index contributed by atoms with van der Waals surface area (Å²) < 4.78 is 6.02. The molecule has 1 fully saturated rings. The van der Waals surface area contributed by atoms with Gasteiger partial charge in [0, 0.05) is 18.4 Å². The van der Waals surface area contributed by atoms with E-state index in [1.54, 1.807) is 4.90 Å². The second kappa shape index (κ2) is 8.30. The van der Waals surface area contributed by atoms with Crippen LogP contribution in [0.4, 0.5) is 0 Å². The summed E-state index contributed by atoms with van der Waals surface area (Å²) in [6, 6.07) is 19.1. The molecule has 2 aromatic carbocycles. The first-order chi connectivity index (χ1) is 13.7. The predicted octanol–water partition coefficient (Wildman–Crippen LogP) is 4.04. The number of hydrogen-bond donors (Lipinski definition) is 1. The molecular weight excluding hydrogens is 352 g/mol. The average molecular weight is 376 g/mol. The first-order valence-electron chi connectivity index (χ1n) is 9.81. The number of para-hydroxylation sites is 1. The molecule has 4 rings (SSSR count). The van der Waals surface area contributed by atoms with E-state index in [1.807, 2.05) is 60.7 Å². The van der Waals surface area contributed by atoms with Crippen LogP contribution in [0.3, 0.4) is 0 Å². The lowest BCUT2D eigenvalue weighted by molar-refractivity contribution is -0.135. The Bertz CT molecular complexity index is 931. The lowest BCUT2D eigenvalue weighted by Crippen LogP contribution is -2.41. The van der Waals surface area contributed by atoms with Gasteiger partial charge in [0.15, 0.2) is 0 Å². The summed E-state index contributed by atoms with van der Waals surface area (Å²) in [5.41, 5.74) is 1.73. The highest BCUT2D eigenvalue weighted by molar-refractivity contribution is 5.85. The third-order valence-electron chi connectivity index (χ3n) is 5.17. The summed E-state index contributed by atoms with van der Waals surface area (Å²) >= 11 is 0. The molecule has 1 aliphatic rings. The number of fused-ring (bicyclic) bond motifs is 1. The smallest absolute Gasteiger partial charge is 0.240 e. The van der Waals surface area contributed by atoms with E-state index >= 15 is 0 Å². The number of nitrogens with one attached hydrogen (secondary N) is 1. The van der Waals surface area contributed by atoms with Crippen molar-refractivity contribution in [3.05, 3.63) is 72.0 Å². The number of furan rings is 1. The minimum absolute atomic E-state index is 0.0626. The van der Waals surface area contributed by atoms with Gasteiger partial charge < -0.3 is 14.6 Å². The molecule has 144 valence electrons. The van der Waals surface area contributed by atoms with Crippen molar-refractivity contribution < 1.29 is 14.0 Å². The van der Waals surface area contributed by atoms with Crippen molar-refractivity contribution in [3.63, 3.8) is 0 Å². The normalized spacial score (nSPS) is 16.0. The molecule has 1 atom stereocenters. The number of rotatable bonds is 5. The molecule has 3 aromatic rings. The molecule has 0 bridgehead atoms. The van der Waals surface area contributed by atoms with E-state index in [0.29, 0.717) is 18.7 Å². The number of benzene rings is 2. The quantitative estimate of drug-likeness (QED) is 0.731. The average Bonchev–Trinajstić information content (AvgIpc) is 3.05. The van der Waals surface area contributed by atoms with Crippen molar-refractivity contribution in [2.75, 3.05) is 13.1 Å². The molecule has 0 saturated carbocycles. The lowest BCUT2D eigenvalue weighted by atomic mass is 10.0. The van der Waals surface area contributed by atoms with Crippen LogP contribution in [-0.4, -0.2) is 29.8 Å². The van der Waals surface area contributed by atoms with E-state index < -0.39 is 6.04 Å². The van der Waals surface area contributed by atoms with Crippen LogP contribution in [0.5, 0.6) is 0 Å². The van der Waals surface area contributed by atoms with Crippen LogP contribution in [0.2, 0.25) is 0 Å². The fourth-order valence-corrected chi connectivity index (χ4v) is 3.69. The molecule has 0 radical (unpaired) electrons. The summed E-state index contributed by atoms with van der Waals surface area (Å²) in [6.07, 6.45) is 3.42. The van der Waals surface area contributed by atoms with Gasteiger partial charge in [-0.25, -0.2) is 0 Å². The zero-order valence-corrected chi connectivity index (χ0v) is 15.8. The van der Waals surface area contributed by atoms with Crippen molar-refractivity contribution in [2.45, 2.75) is 31.7 Å². The summed E-state index contributed by atoms with van der Waals surface area (Å²) in [5, 5.41) is 4.07. The fraction of sp³-hybridized carbons (Fsp3) is 0.304. The molecule has 2 amide bonds. The standard InChI is InChI=1S/C23H24N2O3/c26-21(16-25-14-8-2-5-13-22(25)27)24-23(17-9-3-1-4-10-17)20-15-18-11-6-7-12-19(18)28-20/h1,3-4,6-7,9-12,15,23H,2,5,8,13-14,16H2,(H,24,26). The zero-order valence-electron chi connectivity index (χ0n) is 15.8. The second-order valence-electron chi connectivity index (χ2n) is 7.22. The van der Waals surface area contributed by atoms with E-state index in [4.69, 9.17) is 4.42 Å². The van der Waals surface area contributed by atoms with Crippen molar-refractivity contribution in [1.82, 2.24) is 10.2 Å². The summed E-state index contributed by atoms with van der Waals surface area (Å²) in [6.45, 7) is 0.731. The lowest BCUT2D eigenvalue weighted by Gasteiger charge is -2.22. The number of amides is 2. The van der Waals surface area contributed by atoms with Crippen LogP contribution in [-0.2, 0) is 9.59 Å². The predicted molar refractivity (Wildman–Crippen MR) is 108 cm³/mol. The van der Waals surface area contributed by atoms with E-state index in [9.17, 15) is 9.59 Å². The molecule has 0 aliphatic carbocycles. The molecule has 1 saturated heterocycles. The van der Waals surface area contributed by atoms with E-state index in [0.717, 1.165) is 35.8 Å². The summed E-state index contributed by atoms with van der Waals surface area (Å²) in [7, 11) is 0. The number of carbonyl (C=O) groups is 2. The largest absolute Gasteiger partial charge is 0.459 e. The minimum atomic E-state index is -0.400. The van der Waals surface area contributed by atoms with E-state index in [-0.39, 0.29) is 18.4 Å². The Morgan fingerprint density at radius 3 is 2.64 bits per heavy atom. The van der Waals surface area contributed by atoms with Gasteiger partial charge in [-0.15, -0.1) is 0 Å². The third kappa shape index (κ3) is 4.09. The molecule has 0 spiro atoms. The van der Waals surface area contributed by atoms with Gasteiger partial charge >= 0.3 is 0 Å². The number of hydrogen-bond acceptors (Lipinski definition) is 3. The maximum absolute atomic E-state index is 12.8. The van der Waals surface area contributed by atoms with Crippen molar-refractivity contribution in [3.8, 4) is 0 Å². The molecule has 1 aromatic heterocycles. The van der Waals surface area contributed by atoms with Crippen LogP contribution >= 0.6 is 0 Å². The van der Waals surface area contributed by atoms with Gasteiger partial charge in [0.25, 0.3) is 0 Å². The Balaban J connectivity index is 1.57. The number of carbonyl (C=O) groups excluding carboxylic acids is 2. The first-order valence-corrected chi connectivity index (χ1v) is 9.81. The van der Waals surface area contributed by atoms with Crippen molar-refractivity contribution in [2.24, 2.45) is 0 Å². The van der Waals surface area contributed by atoms with Crippen LogP contribution in [0.25, 0.3) is 11.0 Å². The molecule has 28 heavy (non-hydrogen) atoms. The van der Waals surface area contributed by atoms with Crippen LogP contribution < -0.4 is 5.32 Å². The van der Waals surface area contributed by atoms with Crippen molar-refractivity contribution >= 4 is 22.8 Å². The van der Waals surface area contributed by atoms with E-state index in [1.165, 1.54) is 0 Å². The summed E-state index contributed by atoms with van der Waals surface area (Å²) in [5.74, 6) is 0.570. The van der Waals surface area contributed by atoms with Gasteiger partial charge in [0.1, 0.15) is 17.4 Å². The SMILES string of the molecule is O=C(CN1CCCCCC1=O)NC(c1ccccc1)c1cc2ccccc2o1. The Labute approximate surface area is 164 Å². The number of likely N-dealkylation sites (tertiary alicyclic amines) is 1.